The highest BCUT2D eigenvalue weighted by atomic mass is 16.8. The van der Waals surface area contributed by atoms with Crippen molar-refractivity contribution in [3.63, 3.8) is 0 Å². The van der Waals surface area contributed by atoms with Gasteiger partial charge in [-0.1, -0.05) is 48.5 Å². The first-order valence-corrected chi connectivity index (χ1v) is 24.8. The molecule has 0 aromatic rings. The van der Waals surface area contributed by atoms with Crippen molar-refractivity contribution in [2.75, 3.05) is 19.8 Å². The van der Waals surface area contributed by atoms with Crippen LogP contribution in [0.1, 0.15) is 106 Å². The van der Waals surface area contributed by atoms with E-state index in [1.165, 1.54) is 0 Å². The minimum absolute atomic E-state index is 0.0473. The summed E-state index contributed by atoms with van der Waals surface area (Å²) in [6.45, 7) is 12.4. The van der Waals surface area contributed by atoms with Crippen molar-refractivity contribution in [3.8, 4) is 0 Å². The molecule has 0 radical (unpaired) electrons. The lowest BCUT2D eigenvalue weighted by molar-refractivity contribution is -0.391. The molecule has 3 aliphatic heterocycles. The van der Waals surface area contributed by atoms with Gasteiger partial charge >= 0.3 is 0 Å². The van der Waals surface area contributed by atoms with Crippen LogP contribution in [0.3, 0.4) is 0 Å². The fourth-order valence-corrected chi connectivity index (χ4v) is 15.9. The predicted octanol–water partition coefficient (Wildman–Crippen LogP) is -1.16. The van der Waals surface area contributed by atoms with E-state index in [2.05, 4.69) is 34.6 Å². The van der Waals surface area contributed by atoms with Gasteiger partial charge in [-0.2, -0.15) is 0 Å². The summed E-state index contributed by atoms with van der Waals surface area (Å²) in [5.41, 5.74) is -1.66. The molecule has 19 heteroatoms. The third-order valence-electron chi connectivity index (χ3n) is 19.6. The molecule has 8 fully saturated rings. The van der Waals surface area contributed by atoms with Gasteiger partial charge in [0.15, 0.2) is 18.9 Å². The average Bonchev–Trinajstić information content (AvgIpc) is 3.88. The summed E-state index contributed by atoms with van der Waals surface area (Å²) in [4.78, 5) is 12.7. The monoisotopic (exact) mass is 961 g/mol. The number of fused-ring (bicyclic) bond motifs is 2. The Bertz CT molecular complexity index is 1750. The summed E-state index contributed by atoms with van der Waals surface area (Å²) in [7, 11) is 0. The number of ether oxygens (including phenoxy) is 6. The molecular formula is C48H80O19. The van der Waals surface area contributed by atoms with Crippen LogP contribution < -0.4 is 0 Å². The van der Waals surface area contributed by atoms with Crippen molar-refractivity contribution >= 4 is 5.78 Å². The number of carbonyl (C=O) groups is 1. The van der Waals surface area contributed by atoms with Crippen molar-refractivity contribution in [1.82, 2.24) is 0 Å². The Morgan fingerprint density at radius 3 is 1.78 bits per heavy atom. The van der Waals surface area contributed by atoms with Crippen molar-refractivity contribution in [3.05, 3.63) is 0 Å². The van der Waals surface area contributed by atoms with E-state index in [1.807, 2.05) is 13.8 Å². The molecule has 19 nitrogen and oxygen atoms in total. The third-order valence-corrected chi connectivity index (χ3v) is 19.6. The van der Waals surface area contributed by atoms with Gasteiger partial charge in [-0.05, 0) is 96.7 Å². The molecule has 67 heavy (non-hydrogen) atoms. The predicted molar refractivity (Wildman–Crippen MR) is 232 cm³/mol. The van der Waals surface area contributed by atoms with Gasteiger partial charge in [0.25, 0.3) is 0 Å². The summed E-state index contributed by atoms with van der Waals surface area (Å²) >= 11 is 0. The Hall–Kier alpha value is -1.05. The van der Waals surface area contributed by atoms with Crippen LogP contribution in [-0.4, -0.2) is 197 Å². The molecular weight excluding hydrogens is 881 g/mol. The maximum absolute atomic E-state index is 12.7. The lowest BCUT2D eigenvalue weighted by atomic mass is 9.41. The fraction of sp³-hybridized carbons (Fsp3) is 0.979. The molecule has 386 valence electrons. The Morgan fingerprint density at radius 2 is 1.16 bits per heavy atom. The van der Waals surface area contributed by atoms with E-state index in [-0.39, 0.29) is 51.6 Å². The van der Waals surface area contributed by atoms with Gasteiger partial charge in [0.05, 0.1) is 38.1 Å². The lowest BCUT2D eigenvalue weighted by Gasteiger charge is -2.64. The Balaban J connectivity index is 1.00. The highest BCUT2D eigenvalue weighted by molar-refractivity contribution is 5.80. The van der Waals surface area contributed by atoms with E-state index in [0.29, 0.717) is 32.1 Å². The molecule has 1 unspecified atom stereocenters. The van der Waals surface area contributed by atoms with Crippen LogP contribution in [0.25, 0.3) is 0 Å². The van der Waals surface area contributed by atoms with E-state index < -0.39 is 141 Å². The van der Waals surface area contributed by atoms with Crippen LogP contribution in [0.4, 0.5) is 0 Å². The van der Waals surface area contributed by atoms with Crippen molar-refractivity contribution in [2.24, 2.45) is 56.7 Å². The Labute approximate surface area is 392 Å². The first-order chi connectivity index (χ1) is 31.4. The normalized spacial score (nSPS) is 54.1. The van der Waals surface area contributed by atoms with Gasteiger partial charge in [0.2, 0.25) is 0 Å². The van der Waals surface area contributed by atoms with Crippen LogP contribution in [-0.2, 0) is 33.2 Å². The molecule has 3 heterocycles. The van der Waals surface area contributed by atoms with E-state index in [4.69, 9.17) is 28.4 Å². The number of aliphatic hydroxyl groups excluding tert-OH is 12. The second kappa shape index (κ2) is 18.8. The van der Waals surface area contributed by atoms with Crippen LogP contribution in [0.15, 0.2) is 0 Å². The number of hydrogen-bond acceptors (Lipinski definition) is 19. The summed E-state index contributed by atoms with van der Waals surface area (Å²) in [6.07, 6.45) is -20.6. The molecule has 3 saturated heterocycles. The number of Topliss-reactive ketones (excluding diaryl/α,β-unsaturated/α-hetero) is 1. The third kappa shape index (κ3) is 8.04. The minimum Gasteiger partial charge on any atom is -0.394 e. The number of aliphatic hydroxyl groups is 12. The minimum atomic E-state index is -1.94. The second-order valence-corrected chi connectivity index (χ2v) is 23.3. The van der Waals surface area contributed by atoms with Crippen molar-refractivity contribution in [2.45, 2.75) is 217 Å². The maximum Gasteiger partial charge on any atom is 0.187 e. The van der Waals surface area contributed by atoms with Crippen molar-refractivity contribution < 1.29 is 94.5 Å². The molecule has 2 spiro atoms. The van der Waals surface area contributed by atoms with Gasteiger partial charge in [-0.25, -0.2) is 0 Å². The van der Waals surface area contributed by atoms with E-state index in [1.54, 1.807) is 0 Å². The number of carbonyl (C=O) groups excluding carboxylic acids is 1. The zero-order chi connectivity index (χ0) is 49.1. The molecule has 0 amide bonds. The quantitative estimate of drug-likeness (QED) is 0.0914. The van der Waals surface area contributed by atoms with Crippen LogP contribution in [0.2, 0.25) is 0 Å². The zero-order valence-electron chi connectivity index (χ0n) is 40.0. The van der Waals surface area contributed by atoms with Gasteiger partial charge in [-0.15, -0.1) is 0 Å². The van der Waals surface area contributed by atoms with Gasteiger partial charge in [-0.3, -0.25) is 4.79 Å². The largest absolute Gasteiger partial charge is 0.394 e. The smallest absolute Gasteiger partial charge is 0.187 e. The molecule has 0 aromatic heterocycles. The highest BCUT2D eigenvalue weighted by Gasteiger charge is 2.84. The van der Waals surface area contributed by atoms with Gasteiger partial charge < -0.3 is 89.7 Å². The lowest BCUT2D eigenvalue weighted by Crippen LogP contribution is -2.67. The second-order valence-electron chi connectivity index (χ2n) is 23.3. The topological polar surface area (TPSA) is 315 Å². The average molecular weight is 961 g/mol. The van der Waals surface area contributed by atoms with Gasteiger partial charge in [0, 0.05) is 17.8 Å². The first-order valence-electron chi connectivity index (χ1n) is 24.8. The summed E-state index contributed by atoms with van der Waals surface area (Å²) in [5.74, 6) is 0.456. The van der Waals surface area contributed by atoms with E-state index >= 15 is 0 Å². The fourth-order valence-electron chi connectivity index (χ4n) is 15.9. The summed E-state index contributed by atoms with van der Waals surface area (Å²) < 4.78 is 36.1. The number of ketones is 1. The Morgan fingerprint density at radius 1 is 0.612 bits per heavy atom. The van der Waals surface area contributed by atoms with Crippen molar-refractivity contribution in [1.29, 1.82) is 0 Å². The van der Waals surface area contributed by atoms with Crippen LogP contribution >= 0.6 is 0 Å². The first kappa shape index (κ1) is 52.3. The van der Waals surface area contributed by atoms with Gasteiger partial charge in [0.1, 0.15) is 79.0 Å². The zero-order valence-corrected chi connectivity index (χ0v) is 40.0. The Kier molecular flexibility index (Phi) is 14.6. The molecule has 26 atom stereocenters. The molecule has 8 rings (SSSR count). The van der Waals surface area contributed by atoms with E-state index in [9.17, 15) is 66.1 Å². The van der Waals surface area contributed by atoms with Crippen LogP contribution in [0.5, 0.6) is 0 Å². The van der Waals surface area contributed by atoms with Crippen LogP contribution in [0, 0.1) is 56.7 Å². The molecule has 0 aromatic carbocycles. The molecule has 8 aliphatic rings. The molecule has 12 N–H and O–H groups in total. The summed E-state index contributed by atoms with van der Waals surface area (Å²) in [5, 5.41) is 131. The number of rotatable bonds is 14. The molecule has 5 aliphatic carbocycles. The summed E-state index contributed by atoms with van der Waals surface area (Å²) in [6, 6.07) is 0. The highest BCUT2D eigenvalue weighted by Crippen LogP contribution is 2.89. The maximum atomic E-state index is 12.7. The van der Waals surface area contributed by atoms with E-state index in [0.717, 1.165) is 25.7 Å². The molecule has 5 saturated carbocycles. The number of hydrogen-bond donors (Lipinski definition) is 12. The molecule has 0 bridgehead atoms. The SMILES string of the molecule is CC(C)C(=O)CC[C@@H](C)[C@H]1[C@@H](O)C[C@@]2(C)[C@@H]3CC[C@H]4C(C)(C)[C@@H](O[C@@H]5O[C@H](CO)[C@@H](O)[C@H](O)[C@H]5O[C@@H]5O[C@H](CO)[C@@H](O)[C@H](O[C@@H]6O[C@H](CO)[C@@H](O)[C@H](O)[C@H]6O)[C@H]5O)CC[C@@]45C[C@@]35CC(O)[C@]12C. The standard InChI is InChI=1S/C48H80O19/c1-20(2)22(52)9-8-21(3)31-23(53)14-45(6)28-11-10-27-44(4,5)30(12-13-47(27)19-48(28,47)15-29(54)46(31,45)7)65-43-40(36(59)33(56)25(17-50)64-43)67-42-38(61)39(34(57)26(18-51)63-42)66-41-37(60)35(58)32(55)24(16-49)62-41/h20-21,23-43,49-51,53-61H,8-19H2,1-7H3/t21-,23+,24-,25-,26-,27+,28+,29?,30+,31+,32-,33-,34-,35+,36+,37-,38-,39+,40-,41+,42+,43+,45+,46-,47-,48+/m1/s1.